The van der Waals surface area contributed by atoms with E-state index in [2.05, 4.69) is 29.0 Å². The number of carbonyl (C=O) groups is 1. The molecule has 22 heavy (non-hydrogen) atoms. The lowest BCUT2D eigenvalue weighted by molar-refractivity contribution is -0.125. The Kier molecular flexibility index (Phi) is 6.69. The van der Waals surface area contributed by atoms with E-state index < -0.39 is 0 Å². The number of hydrogen-bond acceptors (Lipinski definition) is 3. The number of likely N-dealkylation sites (tertiary alicyclic amines) is 2. The minimum Gasteiger partial charge on any atom is -0.353 e. The Hall–Kier alpha value is -0.610. The van der Waals surface area contributed by atoms with Gasteiger partial charge >= 0.3 is 0 Å². The summed E-state index contributed by atoms with van der Waals surface area (Å²) in [6.45, 7) is 14.6. The lowest BCUT2D eigenvalue weighted by atomic mass is 9.94. The fraction of sp³-hybridized carbons (Fsp3) is 0.944. The molecule has 0 aliphatic carbocycles. The molecule has 2 rings (SSSR count). The standard InChI is InChI=1S/C18H35N3O/c1-14(2)18(22)19-17-7-9-20(10-8-17)13-16-5-11-21(12-6-16)15(3)4/h14-17H,5-13H2,1-4H3,(H,19,22). The number of hydrogen-bond donors (Lipinski definition) is 1. The van der Waals surface area contributed by atoms with Crippen LogP contribution in [-0.2, 0) is 4.79 Å². The fourth-order valence-electron chi connectivity index (χ4n) is 3.64. The Morgan fingerprint density at radius 2 is 1.59 bits per heavy atom. The minimum absolute atomic E-state index is 0.101. The zero-order chi connectivity index (χ0) is 16.1. The normalized spacial score (nSPS) is 23.4. The van der Waals surface area contributed by atoms with Gasteiger partial charge < -0.3 is 15.1 Å². The van der Waals surface area contributed by atoms with Crippen LogP contribution < -0.4 is 5.32 Å². The average molecular weight is 309 g/mol. The summed E-state index contributed by atoms with van der Waals surface area (Å²) in [5.41, 5.74) is 0. The van der Waals surface area contributed by atoms with Crippen LogP contribution in [0, 0.1) is 11.8 Å². The molecule has 2 aliphatic heterocycles. The second-order valence-electron chi connectivity index (χ2n) is 7.81. The van der Waals surface area contributed by atoms with Gasteiger partial charge in [0.25, 0.3) is 0 Å². The second kappa shape index (κ2) is 8.30. The highest BCUT2D eigenvalue weighted by atomic mass is 16.1. The van der Waals surface area contributed by atoms with Crippen LogP contribution in [0.2, 0.25) is 0 Å². The molecule has 0 aromatic rings. The third-order valence-electron chi connectivity index (χ3n) is 5.35. The molecular formula is C18H35N3O. The van der Waals surface area contributed by atoms with Crippen molar-refractivity contribution in [3.05, 3.63) is 0 Å². The smallest absolute Gasteiger partial charge is 0.222 e. The fourth-order valence-corrected chi connectivity index (χ4v) is 3.64. The van der Waals surface area contributed by atoms with Crippen LogP contribution in [0.15, 0.2) is 0 Å². The van der Waals surface area contributed by atoms with Crippen molar-refractivity contribution in [1.29, 1.82) is 0 Å². The van der Waals surface area contributed by atoms with Gasteiger partial charge in [0, 0.05) is 37.6 Å². The minimum atomic E-state index is 0.101. The lowest BCUT2D eigenvalue weighted by Gasteiger charge is -2.39. The van der Waals surface area contributed by atoms with Crippen LogP contribution in [0.4, 0.5) is 0 Å². The van der Waals surface area contributed by atoms with E-state index in [0.717, 1.165) is 31.8 Å². The molecule has 0 aromatic heterocycles. The maximum Gasteiger partial charge on any atom is 0.222 e. The third kappa shape index (κ3) is 5.24. The van der Waals surface area contributed by atoms with Crippen LogP contribution in [0.3, 0.4) is 0 Å². The van der Waals surface area contributed by atoms with Crippen molar-refractivity contribution in [2.75, 3.05) is 32.7 Å². The summed E-state index contributed by atoms with van der Waals surface area (Å²) >= 11 is 0. The Balaban J connectivity index is 1.65. The van der Waals surface area contributed by atoms with Crippen molar-refractivity contribution in [3.63, 3.8) is 0 Å². The van der Waals surface area contributed by atoms with Gasteiger partial charge in [-0.3, -0.25) is 4.79 Å². The van der Waals surface area contributed by atoms with Gasteiger partial charge in [0.2, 0.25) is 5.91 Å². The highest BCUT2D eigenvalue weighted by Gasteiger charge is 2.26. The van der Waals surface area contributed by atoms with E-state index in [9.17, 15) is 4.79 Å². The predicted octanol–water partition coefficient (Wildman–Crippen LogP) is 2.34. The number of nitrogens with zero attached hydrogens (tertiary/aromatic N) is 2. The van der Waals surface area contributed by atoms with Gasteiger partial charge in [-0.25, -0.2) is 0 Å². The van der Waals surface area contributed by atoms with Crippen molar-refractivity contribution < 1.29 is 4.79 Å². The van der Waals surface area contributed by atoms with Gasteiger partial charge in [0.1, 0.15) is 0 Å². The average Bonchev–Trinajstić information content (AvgIpc) is 2.49. The molecule has 1 amide bonds. The monoisotopic (exact) mass is 309 g/mol. The molecule has 4 nitrogen and oxygen atoms in total. The summed E-state index contributed by atoms with van der Waals surface area (Å²) in [5, 5.41) is 3.19. The zero-order valence-electron chi connectivity index (χ0n) is 15.0. The molecule has 0 atom stereocenters. The summed E-state index contributed by atoms with van der Waals surface area (Å²) < 4.78 is 0. The van der Waals surface area contributed by atoms with Crippen molar-refractivity contribution in [1.82, 2.24) is 15.1 Å². The third-order valence-corrected chi connectivity index (χ3v) is 5.35. The molecule has 2 saturated heterocycles. The van der Waals surface area contributed by atoms with Crippen molar-refractivity contribution in [3.8, 4) is 0 Å². The molecule has 2 heterocycles. The Morgan fingerprint density at radius 1 is 1.00 bits per heavy atom. The van der Waals surface area contributed by atoms with E-state index in [1.165, 1.54) is 32.5 Å². The molecule has 0 saturated carbocycles. The molecular weight excluding hydrogens is 274 g/mol. The first kappa shape index (κ1) is 17.7. The topological polar surface area (TPSA) is 35.6 Å². The van der Waals surface area contributed by atoms with E-state index in [1.807, 2.05) is 13.8 Å². The number of piperidine rings is 2. The van der Waals surface area contributed by atoms with Crippen LogP contribution in [-0.4, -0.2) is 60.5 Å². The Labute approximate surface area is 136 Å². The molecule has 0 bridgehead atoms. The number of carbonyl (C=O) groups excluding carboxylic acids is 1. The Bertz CT molecular complexity index is 340. The summed E-state index contributed by atoms with van der Waals surface area (Å²) in [6, 6.07) is 1.09. The quantitative estimate of drug-likeness (QED) is 0.847. The maximum absolute atomic E-state index is 11.8. The SMILES string of the molecule is CC(C)C(=O)NC1CCN(CC2CCN(C(C)C)CC2)CC1. The first-order valence-corrected chi connectivity index (χ1v) is 9.22. The summed E-state index contributed by atoms with van der Waals surface area (Å²) in [6.07, 6.45) is 4.93. The van der Waals surface area contributed by atoms with Gasteiger partial charge in [-0.15, -0.1) is 0 Å². The molecule has 128 valence electrons. The predicted molar refractivity (Wildman–Crippen MR) is 91.9 cm³/mol. The molecule has 4 heteroatoms. The molecule has 2 fully saturated rings. The van der Waals surface area contributed by atoms with Crippen LogP contribution >= 0.6 is 0 Å². The largest absolute Gasteiger partial charge is 0.353 e. The van der Waals surface area contributed by atoms with Gasteiger partial charge in [0.05, 0.1) is 0 Å². The van der Waals surface area contributed by atoms with Crippen molar-refractivity contribution in [2.45, 2.75) is 65.5 Å². The molecule has 0 aromatic carbocycles. The van der Waals surface area contributed by atoms with Crippen molar-refractivity contribution >= 4 is 5.91 Å². The molecule has 0 radical (unpaired) electrons. The molecule has 0 unspecified atom stereocenters. The van der Waals surface area contributed by atoms with E-state index in [1.54, 1.807) is 0 Å². The number of rotatable bonds is 5. The van der Waals surface area contributed by atoms with E-state index in [0.29, 0.717) is 12.1 Å². The summed E-state index contributed by atoms with van der Waals surface area (Å²) in [7, 11) is 0. The highest BCUT2D eigenvalue weighted by Crippen LogP contribution is 2.21. The summed E-state index contributed by atoms with van der Waals surface area (Å²) in [5.74, 6) is 1.18. The Morgan fingerprint density at radius 3 is 2.09 bits per heavy atom. The van der Waals surface area contributed by atoms with E-state index >= 15 is 0 Å². The summed E-state index contributed by atoms with van der Waals surface area (Å²) in [4.78, 5) is 17.0. The second-order valence-corrected chi connectivity index (χ2v) is 7.81. The highest BCUT2D eigenvalue weighted by molar-refractivity contribution is 5.78. The van der Waals surface area contributed by atoms with Crippen LogP contribution in [0.1, 0.15) is 53.4 Å². The van der Waals surface area contributed by atoms with E-state index in [-0.39, 0.29) is 11.8 Å². The molecule has 1 N–H and O–H groups in total. The number of nitrogens with one attached hydrogen (secondary N) is 1. The lowest BCUT2D eigenvalue weighted by Crippen LogP contribution is -2.48. The first-order valence-electron chi connectivity index (χ1n) is 9.22. The maximum atomic E-state index is 11.8. The van der Waals surface area contributed by atoms with Crippen LogP contribution in [0.25, 0.3) is 0 Å². The van der Waals surface area contributed by atoms with Gasteiger partial charge in [-0.2, -0.15) is 0 Å². The molecule has 2 aliphatic rings. The first-order chi connectivity index (χ1) is 10.5. The van der Waals surface area contributed by atoms with Gasteiger partial charge in [-0.1, -0.05) is 13.8 Å². The van der Waals surface area contributed by atoms with Gasteiger partial charge in [0.15, 0.2) is 0 Å². The van der Waals surface area contributed by atoms with E-state index in [4.69, 9.17) is 0 Å². The van der Waals surface area contributed by atoms with Crippen molar-refractivity contribution in [2.24, 2.45) is 11.8 Å². The zero-order valence-corrected chi connectivity index (χ0v) is 15.0. The van der Waals surface area contributed by atoms with Gasteiger partial charge in [-0.05, 0) is 58.5 Å². The molecule has 0 spiro atoms. The number of amides is 1. The van der Waals surface area contributed by atoms with Crippen LogP contribution in [0.5, 0.6) is 0 Å².